The number of hydrogen-bond donors (Lipinski definition) is 3. The number of nitriles is 1. The van der Waals surface area contributed by atoms with Crippen LogP contribution in [-0.4, -0.2) is 10.5 Å². The summed E-state index contributed by atoms with van der Waals surface area (Å²) in [5.74, 6) is -0.111. The summed E-state index contributed by atoms with van der Waals surface area (Å²) in [5.41, 5.74) is 10.1. The molecule has 132 valence electrons. The van der Waals surface area contributed by atoms with Crippen molar-refractivity contribution in [2.45, 2.75) is 6.54 Å². The van der Waals surface area contributed by atoms with Crippen LogP contribution in [0.15, 0.2) is 60.7 Å². The van der Waals surface area contributed by atoms with E-state index in [1.54, 1.807) is 0 Å². The van der Waals surface area contributed by atoms with Crippen LogP contribution < -0.4 is 11.1 Å². The molecule has 0 saturated heterocycles. The Morgan fingerprint density at radius 3 is 2.67 bits per heavy atom. The highest BCUT2D eigenvalue weighted by atomic mass is 15.1. The minimum absolute atomic E-state index is 0.111. The highest BCUT2D eigenvalue weighted by Gasteiger charge is 2.16. The fourth-order valence-electron chi connectivity index (χ4n) is 3.64. The second kappa shape index (κ2) is 6.50. The Hall–Kier alpha value is -3.78. The molecular weight excluding hydrogens is 334 g/mol. The normalized spacial score (nSPS) is 10.8. The van der Waals surface area contributed by atoms with Crippen molar-refractivity contribution in [1.29, 1.82) is 10.7 Å². The topological polar surface area (TPSA) is 90.6 Å². The van der Waals surface area contributed by atoms with Gasteiger partial charge in [-0.25, -0.2) is 0 Å². The predicted molar refractivity (Wildman–Crippen MR) is 109 cm³/mol. The molecule has 0 bridgehead atoms. The van der Waals surface area contributed by atoms with Crippen molar-refractivity contribution in [3.63, 3.8) is 0 Å². The average Bonchev–Trinajstić information content (AvgIpc) is 2.96. The molecule has 0 aliphatic heterocycles. The molecule has 4 N–H and O–H groups in total. The van der Waals surface area contributed by atoms with E-state index < -0.39 is 0 Å². The van der Waals surface area contributed by atoms with Crippen LogP contribution in [0, 0.1) is 16.7 Å². The maximum atomic E-state index is 9.65. The van der Waals surface area contributed by atoms with Gasteiger partial charge in [0.25, 0.3) is 0 Å². The van der Waals surface area contributed by atoms with Gasteiger partial charge in [-0.1, -0.05) is 54.6 Å². The summed E-state index contributed by atoms with van der Waals surface area (Å²) in [7, 11) is 1.94. The van der Waals surface area contributed by atoms with Crippen molar-refractivity contribution in [2.24, 2.45) is 12.8 Å². The standard InChI is InChI=1S/C22H19N5/c1-27-20-11-15(17-8-4-6-14-5-2-3-7-16(14)17)9-10-18(20)19(12-23)21(27)13-26-22(24)25/h2-11H,13H2,1H3,(H4,24,25,26). The van der Waals surface area contributed by atoms with Crippen LogP contribution in [0.1, 0.15) is 11.3 Å². The SMILES string of the molecule is Cn1c(CNC(=N)N)c(C#N)c2ccc(-c3cccc4ccccc34)cc21. The first-order valence-corrected chi connectivity index (χ1v) is 8.67. The zero-order valence-electron chi connectivity index (χ0n) is 15.0. The summed E-state index contributed by atoms with van der Waals surface area (Å²) in [5, 5.41) is 23.1. The maximum Gasteiger partial charge on any atom is 0.186 e. The van der Waals surface area contributed by atoms with E-state index in [2.05, 4.69) is 53.9 Å². The van der Waals surface area contributed by atoms with Crippen molar-refractivity contribution in [1.82, 2.24) is 9.88 Å². The molecule has 0 aliphatic rings. The summed E-state index contributed by atoms with van der Waals surface area (Å²) in [6, 6.07) is 23.1. The Morgan fingerprint density at radius 1 is 1.11 bits per heavy atom. The number of nitrogens with two attached hydrogens (primary N) is 1. The fourth-order valence-corrected chi connectivity index (χ4v) is 3.64. The molecule has 5 heteroatoms. The molecule has 5 nitrogen and oxygen atoms in total. The Kier molecular flexibility index (Phi) is 4.02. The third-order valence-electron chi connectivity index (χ3n) is 4.98. The molecule has 3 aromatic carbocycles. The van der Waals surface area contributed by atoms with E-state index in [0.29, 0.717) is 12.1 Å². The molecule has 0 aliphatic carbocycles. The van der Waals surface area contributed by atoms with Crippen LogP contribution in [-0.2, 0) is 13.6 Å². The molecule has 0 radical (unpaired) electrons. The lowest BCUT2D eigenvalue weighted by Crippen LogP contribution is -2.30. The number of hydrogen-bond acceptors (Lipinski definition) is 2. The van der Waals surface area contributed by atoms with E-state index in [-0.39, 0.29) is 5.96 Å². The first kappa shape index (κ1) is 16.7. The molecular formula is C22H19N5. The summed E-state index contributed by atoms with van der Waals surface area (Å²) in [4.78, 5) is 0. The van der Waals surface area contributed by atoms with Gasteiger partial charge in [-0.05, 0) is 28.0 Å². The zero-order valence-corrected chi connectivity index (χ0v) is 15.0. The van der Waals surface area contributed by atoms with Crippen LogP contribution in [0.3, 0.4) is 0 Å². The van der Waals surface area contributed by atoms with Crippen LogP contribution in [0.2, 0.25) is 0 Å². The number of aryl methyl sites for hydroxylation is 1. The number of nitrogens with one attached hydrogen (secondary N) is 2. The third-order valence-corrected chi connectivity index (χ3v) is 4.98. The van der Waals surface area contributed by atoms with E-state index in [0.717, 1.165) is 27.7 Å². The maximum absolute atomic E-state index is 9.65. The van der Waals surface area contributed by atoms with E-state index in [9.17, 15) is 5.26 Å². The molecule has 0 fully saturated rings. The number of fused-ring (bicyclic) bond motifs is 2. The number of nitrogens with zero attached hydrogens (tertiary/aromatic N) is 2. The summed E-state index contributed by atoms with van der Waals surface area (Å²) >= 11 is 0. The first-order chi connectivity index (χ1) is 13.1. The lowest BCUT2D eigenvalue weighted by atomic mass is 9.97. The summed E-state index contributed by atoms with van der Waals surface area (Å²) < 4.78 is 2.00. The fraction of sp³-hybridized carbons (Fsp3) is 0.0909. The van der Waals surface area contributed by atoms with Gasteiger partial charge in [0.2, 0.25) is 0 Å². The molecule has 1 aromatic heterocycles. The Morgan fingerprint density at radius 2 is 1.89 bits per heavy atom. The quantitative estimate of drug-likeness (QED) is 0.386. The number of guanidine groups is 1. The molecule has 4 rings (SSSR count). The third kappa shape index (κ3) is 2.77. The van der Waals surface area contributed by atoms with Gasteiger partial charge in [0, 0.05) is 18.0 Å². The molecule has 0 saturated carbocycles. The lowest BCUT2D eigenvalue weighted by Gasteiger charge is -2.09. The first-order valence-electron chi connectivity index (χ1n) is 8.67. The molecule has 1 heterocycles. The predicted octanol–water partition coefficient (Wildman–Crippen LogP) is 3.85. The van der Waals surface area contributed by atoms with Gasteiger partial charge >= 0.3 is 0 Å². The van der Waals surface area contributed by atoms with Crippen molar-refractivity contribution >= 4 is 27.6 Å². The highest BCUT2D eigenvalue weighted by molar-refractivity contribution is 5.99. The monoisotopic (exact) mass is 353 g/mol. The van der Waals surface area contributed by atoms with Gasteiger partial charge in [0.05, 0.1) is 17.8 Å². The Bertz CT molecular complexity index is 1220. The van der Waals surface area contributed by atoms with Crippen LogP contribution in [0.4, 0.5) is 0 Å². The van der Waals surface area contributed by atoms with Crippen molar-refractivity contribution in [3.8, 4) is 17.2 Å². The molecule has 4 aromatic rings. The minimum Gasteiger partial charge on any atom is -0.370 e. The van der Waals surface area contributed by atoms with Crippen LogP contribution in [0.5, 0.6) is 0 Å². The van der Waals surface area contributed by atoms with E-state index >= 15 is 0 Å². The highest BCUT2D eigenvalue weighted by Crippen LogP contribution is 2.33. The van der Waals surface area contributed by atoms with Crippen LogP contribution >= 0.6 is 0 Å². The number of aromatic nitrogens is 1. The molecule has 0 amide bonds. The summed E-state index contributed by atoms with van der Waals surface area (Å²) in [6.07, 6.45) is 0. The average molecular weight is 353 g/mol. The smallest absolute Gasteiger partial charge is 0.186 e. The van der Waals surface area contributed by atoms with Crippen molar-refractivity contribution in [3.05, 3.63) is 71.9 Å². The van der Waals surface area contributed by atoms with Crippen LogP contribution in [0.25, 0.3) is 32.8 Å². The van der Waals surface area contributed by atoms with Gasteiger partial charge in [-0.3, -0.25) is 5.41 Å². The number of rotatable bonds is 3. The second-order valence-corrected chi connectivity index (χ2v) is 6.52. The largest absolute Gasteiger partial charge is 0.370 e. The van der Waals surface area contributed by atoms with Gasteiger partial charge in [0.15, 0.2) is 5.96 Å². The van der Waals surface area contributed by atoms with Crippen molar-refractivity contribution < 1.29 is 0 Å². The Labute approximate surface area is 157 Å². The van der Waals surface area contributed by atoms with Gasteiger partial charge in [0.1, 0.15) is 6.07 Å². The van der Waals surface area contributed by atoms with E-state index in [1.165, 1.54) is 10.8 Å². The zero-order chi connectivity index (χ0) is 19.0. The molecule has 27 heavy (non-hydrogen) atoms. The summed E-state index contributed by atoms with van der Waals surface area (Å²) in [6.45, 7) is 0.340. The van der Waals surface area contributed by atoms with Gasteiger partial charge in [-0.15, -0.1) is 0 Å². The lowest BCUT2D eigenvalue weighted by molar-refractivity contribution is 0.787. The number of benzene rings is 3. The second-order valence-electron chi connectivity index (χ2n) is 6.52. The van der Waals surface area contributed by atoms with Gasteiger partial charge < -0.3 is 15.6 Å². The molecule has 0 spiro atoms. The minimum atomic E-state index is -0.111. The molecule has 0 atom stereocenters. The molecule has 0 unspecified atom stereocenters. The van der Waals surface area contributed by atoms with Gasteiger partial charge in [-0.2, -0.15) is 5.26 Å². The van der Waals surface area contributed by atoms with E-state index in [1.807, 2.05) is 29.8 Å². The van der Waals surface area contributed by atoms with Crippen molar-refractivity contribution in [2.75, 3.05) is 0 Å². The Balaban J connectivity index is 1.91. The van der Waals surface area contributed by atoms with E-state index in [4.69, 9.17) is 11.1 Å².